The Kier molecular flexibility index (Phi) is 4.23. The van der Waals surface area contributed by atoms with Crippen LogP contribution in [0, 0.1) is 0 Å². The second-order valence-electron chi connectivity index (χ2n) is 5.81. The monoisotopic (exact) mass is 271 g/mol. The van der Waals surface area contributed by atoms with Crippen molar-refractivity contribution in [2.45, 2.75) is 32.6 Å². The lowest BCUT2D eigenvalue weighted by molar-refractivity contribution is 0.318. The minimum absolute atomic E-state index is 0.163. The molecule has 0 aliphatic carbocycles. The molecule has 0 radical (unpaired) electrons. The number of hydrogen-bond acceptors (Lipinski definition) is 4. The van der Waals surface area contributed by atoms with Gasteiger partial charge in [-0.25, -0.2) is 9.97 Å². The Morgan fingerprint density at radius 3 is 2.20 bits per heavy atom. The highest BCUT2D eigenvalue weighted by molar-refractivity contribution is 5.31. The van der Waals surface area contributed by atoms with Crippen molar-refractivity contribution in [1.29, 1.82) is 0 Å². The van der Waals surface area contributed by atoms with Crippen molar-refractivity contribution in [1.82, 2.24) is 9.97 Å². The summed E-state index contributed by atoms with van der Waals surface area (Å²) in [6, 6.07) is 8.22. The maximum Gasteiger partial charge on any atom is 0.131 e. The highest BCUT2D eigenvalue weighted by Gasteiger charge is 2.12. The summed E-state index contributed by atoms with van der Waals surface area (Å²) in [5.74, 6) is 1.61. The van der Waals surface area contributed by atoms with E-state index in [1.165, 1.54) is 5.56 Å². The van der Waals surface area contributed by atoms with E-state index < -0.39 is 0 Å². The summed E-state index contributed by atoms with van der Waals surface area (Å²) < 4.78 is 5.70. The number of hydrogen-bond donors (Lipinski definition) is 1. The zero-order valence-electron chi connectivity index (χ0n) is 12.3. The van der Waals surface area contributed by atoms with Gasteiger partial charge in [-0.2, -0.15) is 0 Å². The maximum atomic E-state index is 5.70. The van der Waals surface area contributed by atoms with Crippen LogP contribution in [-0.4, -0.2) is 16.6 Å². The number of nitrogen functional groups attached to an aromatic ring is 1. The maximum absolute atomic E-state index is 5.70. The second-order valence-corrected chi connectivity index (χ2v) is 5.81. The Labute approximate surface area is 120 Å². The molecular formula is C16H21N3O. The topological polar surface area (TPSA) is 61.0 Å². The average Bonchev–Trinajstić information content (AvgIpc) is 2.41. The Morgan fingerprint density at radius 2 is 1.65 bits per heavy atom. The van der Waals surface area contributed by atoms with Gasteiger partial charge in [0.2, 0.25) is 0 Å². The standard InChI is InChI=1S/C16H21N3O/c1-16(2,3)12-4-6-14(7-5-12)20-9-8-15-18-10-13(17)11-19-15/h4-7,10-11H,8-9,17H2,1-3H3. The zero-order valence-corrected chi connectivity index (χ0v) is 12.3. The van der Waals surface area contributed by atoms with E-state index >= 15 is 0 Å². The van der Waals surface area contributed by atoms with Gasteiger partial charge in [0.15, 0.2) is 0 Å². The normalized spacial score (nSPS) is 11.3. The van der Waals surface area contributed by atoms with E-state index in [0.717, 1.165) is 11.6 Å². The molecule has 4 nitrogen and oxygen atoms in total. The van der Waals surface area contributed by atoms with Crippen molar-refractivity contribution >= 4 is 5.69 Å². The van der Waals surface area contributed by atoms with Crippen LogP contribution < -0.4 is 10.5 Å². The molecule has 4 heteroatoms. The number of rotatable bonds is 4. The van der Waals surface area contributed by atoms with Gasteiger partial charge in [-0.05, 0) is 23.1 Å². The van der Waals surface area contributed by atoms with Gasteiger partial charge in [0, 0.05) is 6.42 Å². The van der Waals surface area contributed by atoms with Gasteiger partial charge in [0.1, 0.15) is 11.6 Å². The molecule has 2 rings (SSSR count). The van der Waals surface area contributed by atoms with E-state index in [0.29, 0.717) is 18.7 Å². The molecular weight excluding hydrogens is 250 g/mol. The number of anilines is 1. The summed E-state index contributed by atoms with van der Waals surface area (Å²) in [6.07, 6.45) is 3.89. The Balaban J connectivity index is 1.87. The minimum atomic E-state index is 0.163. The SMILES string of the molecule is CC(C)(C)c1ccc(OCCc2ncc(N)cn2)cc1. The van der Waals surface area contributed by atoms with Crippen LogP contribution in [0.15, 0.2) is 36.7 Å². The van der Waals surface area contributed by atoms with E-state index in [9.17, 15) is 0 Å². The number of aromatic nitrogens is 2. The molecule has 0 unspecified atom stereocenters. The molecule has 1 aromatic carbocycles. The zero-order chi connectivity index (χ0) is 14.6. The highest BCUT2D eigenvalue weighted by Crippen LogP contribution is 2.24. The van der Waals surface area contributed by atoms with Gasteiger partial charge in [0.05, 0.1) is 24.7 Å². The van der Waals surface area contributed by atoms with Crippen LogP contribution in [0.1, 0.15) is 32.2 Å². The molecule has 106 valence electrons. The lowest BCUT2D eigenvalue weighted by Crippen LogP contribution is -2.10. The Morgan fingerprint density at radius 1 is 1.05 bits per heavy atom. The van der Waals surface area contributed by atoms with Crippen molar-refractivity contribution in [3.8, 4) is 5.75 Å². The van der Waals surface area contributed by atoms with Gasteiger partial charge in [-0.15, -0.1) is 0 Å². The molecule has 0 spiro atoms. The fraction of sp³-hybridized carbons (Fsp3) is 0.375. The third-order valence-electron chi connectivity index (χ3n) is 3.04. The van der Waals surface area contributed by atoms with Crippen molar-refractivity contribution in [2.24, 2.45) is 0 Å². The fourth-order valence-corrected chi connectivity index (χ4v) is 1.81. The van der Waals surface area contributed by atoms with Crippen molar-refractivity contribution in [3.05, 3.63) is 48.0 Å². The predicted molar refractivity (Wildman–Crippen MR) is 80.8 cm³/mol. The molecule has 0 saturated heterocycles. The Hall–Kier alpha value is -2.10. The van der Waals surface area contributed by atoms with Crippen molar-refractivity contribution in [3.63, 3.8) is 0 Å². The third kappa shape index (κ3) is 3.95. The molecule has 0 saturated carbocycles. The molecule has 0 bridgehead atoms. The van der Waals surface area contributed by atoms with Crippen LogP contribution >= 0.6 is 0 Å². The van der Waals surface area contributed by atoms with Crippen molar-refractivity contribution < 1.29 is 4.74 Å². The smallest absolute Gasteiger partial charge is 0.131 e. The summed E-state index contributed by atoms with van der Waals surface area (Å²) in [5.41, 5.74) is 7.58. The molecule has 0 atom stereocenters. The third-order valence-corrected chi connectivity index (χ3v) is 3.04. The molecule has 2 N–H and O–H groups in total. The van der Waals surface area contributed by atoms with E-state index in [4.69, 9.17) is 10.5 Å². The summed E-state index contributed by atoms with van der Waals surface area (Å²) in [4.78, 5) is 8.28. The first-order chi connectivity index (χ1) is 9.45. The second kappa shape index (κ2) is 5.90. The van der Waals surface area contributed by atoms with E-state index in [1.807, 2.05) is 12.1 Å². The summed E-state index contributed by atoms with van der Waals surface area (Å²) in [5, 5.41) is 0. The molecule has 2 aromatic rings. The average molecular weight is 271 g/mol. The largest absolute Gasteiger partial charge is 0.493 e. The molecule has 1 heterocycles. The van der Waals surface area contributed by atoms with Gasteiger partial charge in [-0.3, -0.25) is 0 Å². The first-order valence-corrected chi connectivity index (χ1v) is 6.75. The van der Waals surface area contributed by atoms with Crippen LogP contribution in [0.3, 0.4) is 0 Å². The minimum Gasteiger partial charge on any atom is -0.493 e. The van der Waals surface area contributed by atoms with E-state index in [-0.39, 0.29) is 5.41 Å². The molecule has 20 heavy (non-hydrogen) atoms. The molecule has 0 amide bonds. The van der Waals surface area contributed by atoms with Crippen LogP contribution in [0.2, 0.25) is 0 Å². The summed E-state index contributed by atoms with van der Waals surface area (Å²) in [7, 11) is 0. The number of nitrogens with zero attached hydrogens (tertiary/aromatic N) is 2. The fourth-order valence-electron chi connectivity index (χ4n) is 1.81. The van der Waals surface area contributed by atoms with Crippen molar-refractivity contribution in [2.75, 3.05) is 12.3 Å². The predicted octanol–water partition coefficient (Wildman–Crippen LogP) is 2.98. The molecule has 0 fully saturated rings. The van der Waals surface area contributed by atoms with Crippen LogP contribution in [0.5, 0.6) is 5.75 Å². The lowest BCUT2D eigenvalue weighted by Gasteiger charge is -2.19. The number of benzene rings is 1. The summed E-state index contributed by atoms with van der Waals surface area (Å²) in [6.45, 7) is 7.14. The molecule has 1 aromatic heterocycles. The quantitative estimate of drug-likeness (QED) is 0.928. The number of ether oxygens (including phenoxy) is 1. The first kappa shape index (κ1) is 14.3. The highest BCUT2D eigenvalue weighted by atomic mass is 16.5. The van der Waals surface area contributed by atoms with E-state index in [1.54, 1.807) is 12.4 Å². The van der Waals surface area contributed by atoms with Gasteiger partial charge < -0.3 is 10.5 Å². The Bertz CT molecular complexity index is 541. The van der Waals surface area contributed by atoms with Crippen LogP contribution in [0.25, 0.3) is 0 Å². The summed E-state index contributed by atoms with van der Waals surface area (Å²) >= 11 is 0. The lowest BCUT2D eigenvalue weighted by atomic mass is 9.87. The van der Waals surface area contributed by atoms with Gasteiger partial charge >= 0.3 is 0 Å². The van der Waals surface area contributed by atoms with Crippen LogP contribution in [-0.2, 0) is 11.8 Å². The molecule has 0 aliphatic heterocycles. The molecule has 0 aliphatic rings. The first-order valence-electron chi connectivity index (χ1n) is 6.75. The van der Waals surface area contributed by atoms with E-state index in [2.05, 4.69) is 42.9 Å². The number of nitrogens with two attached hydrogens (primary N) is 1. The van der Waals surface area contributed by atoms with Gasteiger partial charge in [-0.1, -0.05) is 32.9 Å². The van der Waals surface area contributed by atoms with Gasteiger partial charge in [0.25, 0.3) is 0 Å². The van der Waals surface area contributed by atoms with Crippen LogP contribution in [0.4, 0.5) is 5.69 Å².